The Balaban J connectivity index is 1.35. The molecule has 0 amide bonds. The summed E-state index contributed by atoms with van der Waals surface area (Å²) in [6, 6.07) is 0. The van der Waals surface area contributed by atoms with E-state index in [1.807, 2.05) is 13.8 Å². The summed E-state index contributed by atoms with van der Waals surface area (Å²) in [7, 11) is 0. The molecule has 4 fully saturated rings. The molecule has 0 aromatic rings. The normalized spacial score (nSPS) is 49.0. The first-order valence-electron chi connectivity index (χ1n) is 16.1. The fourth-order valence-corrected chi connectivity index (χ4v) is 9.38. The summed E-state index contributed by atoms with van der Waals surface area (Å²) < 4.78 is 11.4. The van der Waals surface area contributed by atoms with Gasteiger partial charge in [0.25, 0.3) is 0 Å². The lowest BCUT2D eigenvalue weighted by molar-refractivity contribution is -0.322. The van der Waals surface area contributed by atoms with Gasteiger partial charge in [-0.2, -0.15) is 0 Å². The summed E-state index contributed by atoms with van der Waals surface area (Å²) in [5.41, 5.74) is -3.25. The first kappa shape index (κ1) is 34.3. The van der Waals surface area contributed by atoms with E-state index in [0.717, 1.165) is 0 Å². The van der Waals surface area contributed by atoms with Gasteiger partial charge in [0.2, 0.25) is 0 Å². The molecule has 1 saturated heterocycles. The van der Waals surface area contributed by atoms with Crippen LogP contribution in [0.4, 0.5) is 0 Å². The second-order valence-electron chi connectivity index (χ2n) is 15.4. The second kappa shape index (κ2) is 11.9. The maximum atomic E-state index is 13.8. The van der Waals surface area contributed by atoms with Crippen molar-refractivity contribution in [2.45, 2.75) is 145 Å². The number of carbonyl (C=O) groups is 1. The third-order valence-electron chi connectivity index (χ3n) is 12.2. The first-order valence-corrected chi connectivity index (χ1v) is 16.1. The zero-order valence-electron chi connectivity index (χ0n) is 26.1. The van der Waals surface area contributed by atoms with Gasteiger partial charge in [0.1, 0.15) is 24.4 Å². The molecular formula is C32H52O12. The van der Waals surface area contributed by atoms with Crippen LogP contribution in [-0.2, 0) is 14.3 Å². The molecule has 15 atom stereocenters. The highest BCUT2D eigenvalue weighted by molar-refractivity contribution is 5.95. The average molecular weight is 629 g/mol. The number of aliphatic hydroxyl groups excluding tert-OH is 7. The molecule has 0 aromatic heterocycles. The minimum atomic E-state index is -1.63. The number of hydrogen-bond acceptors (Lipinski definition) is 12. The summed E-state index contributed by atoms with van der Waals surface area (Å²) in [4.78, 5) is 13.8. The minimum absolute atomic E-state index is 0.107. The fraction of sp³-hybridized carbons (Fsp3) is 0.906. The Kier molecular flexibility index (Phi) is 9.27. The topological polar surface area (TPSA) is 218 Å². The molecule has 0 aromatic carbocycles. The van der Waals surface area contributed by atoms with Crippen molar-refractivity contribution < 1.29 is 60.2 Å². The Hall–Kier alpha value is -1.03. The van der Waals surface area contributed by atoms with Gasteiger partial charge in [-0.15, -0.1) is 0 Å². The molecule has 0 spiro atoms. The molecule has 1 heterocycles. The number of aliphatic hydroxyl groups is 9. The minimum Gasteiger partial charge on any atom is -0.394 e. The molecule has 0 radical (unpaired) electrons. The summed E-state index contributed by atoms with van der Waals surface area (Å²) in [5.74, 6) is -1.41. The number of carbonyl (C=O) groups excluding carboxylic acids is 1. The van der Waals surface area contributed by atoms with Crippen LogP contribution in [0.5, 0.6) is 0 Å². The monoisotopic (exact) mass is 628 g/mol. The highest BCUT2D eigenvalue weighted by Gasteiger charge is 2.67. The molecule has 3 saturated carbocycles. The molecule has 12 heteroatoms. The van der Waals surface area contributed by atoms with E-state index in [-0.39, 0.29) is 31.0 Å². The second-order valence-corrected chi connectivity index (χ2v) is 15.4. The molecule has 5 rings (SSSR count). The van der Waals surface area contributed by atoms with Crippen molar-refractivity contribution in [1.29, 1.82) is 0 Å². The van der Waals surface area contributed by atoms with Gasteiger partial charge in [0, 0.05) is 11.3 Å². The zero-order chi connectivity index (χ0) is 32.6. The lowest BCUT2D eigenvalue weighted by atomic mass is 9.46. The SMILES string of the molecule is CC(C)(O)CCC(O)C(O)C1CCC2(O)C3=CC(=O)C4CC(O[C@@H]5O[C@H](CO)[C@@H](O)[C@H](O)[C@H]5O)C(O)CC4(C)C3CCC12C. The summed E-state index contributed by atoms with van der Waals surface area (Å²) >= 11 is 0. The van der Waals surface area contributed by atoms with E-state index in [9.17, 15) is 50.8 Å². The predicted molar refractivity (Wildman–Crippen MR) is 155 cm³/mol. The Morgan fingerprint density at radius 3 is 2.36 bits per heavy atom. The quantitative estimate of drug-likeness (QED) is 0.163. The Bertz CT molecular complexity index is 1110. The van der Waals surface area contributed by atoms with Gasteiger partial charge < -0.3 is 55.4 Å². The Morgan fingerprint density at radius 2 is 1.73 bits per heavy atom. The Morgan fingerprint density at radius 1 is 1.05 bits per heavy atom. The van der Waals surface area contributed by atoms with Crippen molar-refractivity contribution >= 4 is 5.78 Å². The number of ketones is 1. The van der Waals surface area contributed by atoms with Crippen molar-refractivity contribution in [2.75, 3.05) is 6.61 Å². The van der Waals surface area contributed by atoms with E-state index in [1.165, 1.54) is 6.08 Å². The van der Waals surface area contributed by atoms with Crippen LogP contribution in [0.1, 0.15) is 79.1 Å². The van der Waals surface area contributed by atoms with Crippen molar-refractivity contribution in [2.24, 2.45) is 28.6 Å². The standard InChI is InChI=1S/C32H52O12/c1-29(2,41)8-7-19(34)24(37)16-6-10-32(42)17-11-20(35)18-12-22(43-28-27(40)26(39)25(38)23(14-33)44-28)21(36)13-30(18,3)15(17)5-9-31(16,32)4/h11,15-16,18-19,21-28,33-34,36-42H,5-10,12-14H2,1-4H3/t15?,16?,18?,19?,21?,22?,23-,24?,25-,26+,27-,28-,30?,31?,32?/m1/s1. The summed E-state index contributed by atoms with van der Waals surface area (Å²) in [5, 5.41) is 96.1. The van der Waals surface area contributed by atoms with Crippen LogP contribution in [0, 0.1) is 28.6 Å². The molecule has 10 unspecified atom stereocenters. The van der Waals surface area contributed by atoms with Gasteiger partial charge in [0.15, 0.2) is 12.1 Å². The number of ether oxygens (including phenoxy) is 2. The van der Waals surface area contributed by atoms with Crippen molar-refractivity contribution in [3.05, 3.63) is 11.6 Å². The van der Waals surface area contributed by atoms with Gasteiger partial charge in [-0.1, -0.05) is 13.8 Å². The van der Waals surface area contributed by atoms with Gasteiger partial charge >= 0.3 is 0 Å². The molecule has 44 heavy (non-hydrogen) atoms. The van der Waals surface area contributed by atoms with Gasteiger partial charge in [-0.25, -0.2) is 0 Å². The number of rotatable bonds is 8. The van der Waals surface area contributed by atoms with Crippen LogP contribution in [-0.4, -0.2) is 125 Å². The van der Waals surface area contributed by atoms with Crippen LogP contribution < -0.4 is 0 Å². The van der Waals surface area contributed by atoms with Crippen molar-refractivity contribution in [1.82, 2.24) is 0 Å². The van der Waals surface area contributed by atoms with Crippen LogP contribution in [0.15, 0.2) is 11.6 Å². The molecule has 4 aliphatic carbocycles. The van der Waals surface area contributed by atoms with Crippen LogP contribution >= 0.6 is 0 Å². The largest absolute Gasteiger partial charge is 0.394 e. The number of hydrogen-bond donors (Lipinski definition) is 9. The van der Waals surface area contributed by atoms with E-state index in [2.05, 4.69) is 0 Å². The van der Waals surface area contributed by atoms with Crippen LogP contribution in [0.3, 0.4) is 0 Å². The van der Waals surface area contributed by atoms with Gasteiger partial charge in [-0.05, 0) is 94.1 Å². The summed E-state index contributed by atoms with van der Waals surface area (Å²) in [6.07, 6.45) is -7.31. The van der Waals surface area contributed by atoms with E-state index in [1.54, 1.807) is 13.8 Å². The molecular weight excluding hydrogens is 576 g/mol. The average Bonchev–Trinajstić information content (AvgIpc) is 3.23. The van der Waals surface area contributed by atoms with Crippen LogP contribution in [0.2, 0.25) is 0 Å². The first-order chi connectivity index (χ1) is 20.4. The van der Waals surface area contributed by atoms with Gasteiger partial charge in [0.05, 0.1) is 42.2 Å². The van der Waals surface area contributed by atoms with Crippen molar-refractivity contribution in [3.63, 3.8) is 0 Å². The molecule has 9 N–H and O–H groups in total. The lowest BCUT2D eigenvalue weighted by Gasteiger charge is -2.60. The smallest absolute Gasteiger partial charge is 0.187 e. The van der Waals surface area contributed by atoms with E-state index < -0.39 is 95.6 Å². The highest BCUT2D eigenvalue weighted by Crippen LogP contribution is 2.67. The highest BCUT2D eigenvalue weighted by atomic mass is 16.7. The molecule has 252 valence electrons. The number of fused-ring (bicyclic) bond motifs is 5. The van der Waals surface area contributed by atoms with E-state index in [4.69, 9.17) is 9.47 Å². The zero-order valence-corrected chi connectivity index (χ0v) is 26.1. The third-order valence-corrected chi connectivity index (χ3v) is 12.2. The third kappa shape index (κ3) is 5.51. The molecule has 5 aliphatic rings. The fourth-order valence-electron chi connectivity index (χ4n) is 9.38. The van der Waals surface area contributed by atoms with E-state index >= 15 is 0 Å². The maximum Gasteiger partial charge on any atom is 0.187 e. The van der Waals surface area contributed by atoms with Crippen LogP contribution in [0.25, 0.3) is 0 Å². The maximum absolute atomic E-state index is 13.8. The molecule has 12 nitrogen and oxygen atoms in total. The molecule has 0 bridgehead atoms. The Labute approximate surface area is 258 Å². The van der Waals surface area contributed by atoms with Crippen molar-refractivity contribution in [3.8, 4) is 0 Å². The number of allylic oxidation sites excluding steroid dienone is 1. The van der Waals surface area contributed by atoms with E-state index in [0.29, 0.717) is 37.7 Å². The summed E-state index contributed by atoms with van der Waals surface area (Å²) in [6.45, 7) is 6.55. The lowest BCUT2D eigenvalue weighted by Crippen LogP contribution is -2.63. The molecule has 1 aliphatic heterocycles. The predicted octanol–water partition coefficient (Wildman–Crippen LogP) is -0.712. The van der Waals surface area contributed by atoms with Gasteiger partial charge in [-0.3, -0.25) is 4.79 Å².